The molecule has 0 spiro atoms. The van der Waals surface area contributed by atoms with E-state index in [1.165, 1.54) is 4.31 Å². The van der Waals surface area contributed by atoms with Crippen LogP contribution in [0.15, 0.2) is 52.3 Å². The normalized spacial score (nSPS) is 17.2. The van der Waals surface area contributed by atoms with Gasteiger partial charge in [0.2, 0.25) is 20.0 Å². The number of hydrogen-bond acceptors (Lipinski definition) is 6. The summed E-state index contributed by atoms with van der Waals surface area (Å²) in [6.07, 6.45) is 0.611. The molecule has 1 saturated heterocycles. The van der Waals surface area contributed by atoms with E-state index < -0.39 is 20.0 Å². The summed E-state index contributed by atoms with van der Waals surface area (Å²) in [6, 6.07) is 12.0. The molecule has 10 heteroatoms. The molecule has 0 bridgehead atoms. The predicted octanol–water partition coefficient (Wildman–Crippen LogP) is 1.98. The Bertz CT molecular complexity index is 1140. The van der Waals surface area contributed by atoms with Crippen LogP contribution in [-0.2, 0) is 26.5 Å². The van der Waals surface area contributed by atoms with E-state index >= 15 is 0 Å². The Morgan fingerprint density at radius 3 is 2.19 bits per heavy atom. The molecule has 1 aliphatic heterocycles. The van der Waals surface area contributed by atoms with E-state index in [-0.39, 0.29) is 16.7 Å². The van der Waals surface area contributed by atoms with Gasteiger partial charge in [0.1, 0.15) is 10.6 Å². The molecule has 0 radical (unpaired) electrons. The fraction of sp³-hybridized carbons (Fsp3) is 0.455. The van der Waals surface area contributed by atoms with Crippen LogP contribution in [0.4, 0.5) is 0 Å². The fourth-order valence-corrected chi connectivity index (χ4v) is 6.04. The van der Waals surface area contributed by atoms with Gasteiger partial charge in [-0.15, -0.1) is 0 Å². The molecule has 0 unspecified atom stereocenters. The number of sulfonamides is 2. The highest BCUT2D eigenvalue weighted by Crippen LogP contribution is 2.26. The molecule has 1 heterocycles. The van der Waals surface area contributed by atoms with Gasteiger partial charge in [-0.1, -0.05) is 23.8 Å². The number of ether oxygens (including phenoxy) is 1. The lowest BCUT2D eigenvalue weighted by Crippen LogP contribution is -2.51. The quantitative estimate of drug-likeness (QED) is 0.617. The van der Waals surface area contributed by atoms with Crippen molar-refractivity contribution in [2.24, 2.45) is 5.14 Å². The van der Waals surface area contributed by atoms with Crippen LogP contribution in [0.3, 0.4) is 0 Å². The Balaban J connectivity index is 1.66. The maximum Gasteiger partial charge on any atom is 0.243 e. The van der Waals surface area contributed by atoms with Crippen molar-refractivity contribution < 1.29 is 21.6 Å². The molecule has 1 aliphatic rings. The number of rotatable bonds is 8. The smallest absolute Gasteiger partial charge is 0.243 e. The molecule has 2 N–H and O–H groups in total. The van der Waals surface area contributed by atoms with E-state index in [1.807, 2.05) is 13.0 Å². The van der Waals surface area contributed by atoms with Crippen LogP contribution in [0, 0.1) is 6.92 Å². The Hall–Kier alpha value is -1.98. The largest absolute Gasteiger partial charge is 0.492 e. The summed E-state index contributed by atoms with van der Waals surface area (Å²) in [4.78, 5) is 2.52. The predicted molar refractivity (Wildman–Crippen MR) is 124 cm³/mol. The minimum absolute atomic E-state index is 0.0157. The zero-order valence-electron chi connectivity index (χ0n) is 18.7. The van der Waals surface area contributed by atoms with E-state index in [0.717, 1.165) is 11.1 Å². The van der Waals surface area contributed by atoms with Crippen LogP contribution in [0.5, 0.6) is 5.75 Å². The first kappa shape index (κ1) is 24.7. The molecule has 0 amide bonds. The summed E-state index contributed by atoms with van der Waals surface area (Å²) in [5.41, 5.74) is 1.85. The Morgan fingerprint density at radius 2 is 1.62 bits per heavy atom. The van der Waals surface area contributed by atoms with Crippen LogP contribution >= 0.6 is 0 Å². The van der Waals surface area contributed by atoms with E-state index in [0.29, 0.717) is 44.1 Å². The lowest BCUT2D eigenvalue weighted by Gasteiger charge is -2.37. The molecule has 0 saturated carbocycles. The first-order chi connectivity index (χ1) is 15.0. The maximum atomic E-state index is 12.9. The van der Waals surface area contributed by atoms with Gasteiger partial charge in [0, 0.05) is 32.2 Å². The number of primary sulfonamides is 1. The highest BCUT2D eigenvalue weighted by Gasteiger charge is 2.30. The van der Waals surface area contributed by atoms with Crippen LogP contribution in [0.2, 0.25) is 0 Å². The van der Waals surface area contributed by atoms with Crippen molar-refractivity contribution in [3.8, 4) is 5.75 Å². The van der Waals surface area contributed by atoms with Crippen molar-refractivity contribution in [2.45, 2.75) is 43.0 Å². The van der Waals surface area contributed by atoms with Gasteiger partial charge in [-0.2, -0.15) is 4.31 Å². The zero-order chi connectivity index (χ0) is 23.5. The first-order valence-corrected chi connectivity index (χ1v) is 13.6. The molecule has 1 fully saturated rings. The minimum atomic E-state index is -3.90. The van der Waals surface area contributed by atoms with Gasteiger partial charge < -0.3 is 4.74 Å². The lowest BCUT2D eigenvalue weighted by atomic mass is 10.1. The Morgan fingerprint density at radius 1 is 1.00 bits per heavy atom. The van der Waals surface area contributed by atoms with Gasteiger partial charge in [0.15, 0.2) is 0 Å². The maximum absolute atomic E-state index is 12.9. The summed E-state index contributed by atoms with van der Waals surface area (Å²) in [5, 5.41) is 5.36. The third-order valence-electron chi connectivity index (χ3n) is 5.70. The van der Waals surface area contributed by atoms with E-state index in [1.54, 1.807) is 43.3 Å². The summed E-state index contributed by atoms with van der Waals surface area (Å²) in [5.74, 6) is 0.251. The first-order valence-electron chi connectivity index (χ1n) is 10.6. The van der Waals surface area contributed by atoms with Crippen LogP contribution in [-0.4, -0.2) is 64.9 Å². The lowest BCUT2D eigenvalue weighted by molar-refractivity contribution is 0.145. The molecule has 3 rings (SSSR count). The number of nitrogens with two attached hydrogens (primary N) is 1. The molecule has 0 aromatic heterocycles. The average molecular weight is 482 g/mol. The van der Waals surface area contributed by atoms with Gasteiger partial charge in [-0.05, 0) is 57.0 Å². The van der Waals surface area contributed by atoms with Crippen molar-refractivity contribution >= 4 is 20.0 Å². The average Bonchev–Trinajstić information content (AvgIpc) is 2.74. The Kier molecular flexibility index (Phi) is 7.61. The van der Waals surface area contributed by atoms with Crippen LogP contribution in [0.25, 0.3) is 0 Å². The van der Waals surface area contributed by atoms with Crippen molar-refractivity contribution in [3.63, 3.8) is 0 Å². The molecule has 32 heavy (non-hydrogen) atoms. The molecule has 176 valence electrons. The van der Waals surface area contributed by atoms with Crippen molar-refractivity contribution in [1.29, 1.82) is 0 Å². The van der Waals surface area contributed by atoms with E-state index in [4.69, 9.17) is 9.88 Å². The number of benzene rings is 2. The molecule has 1 atom stereocenters. The monoisotopic (exact) mass is 481 g/mol. The van der Waals surface area contributed by atoms with E-state index in [2.05, 4.69) is 11.8 Å². The molecule has 0 aliphatic carbocycles. The van der Waals surface area contributed by atoms with Crippen molar-refractivity contribution in [2.75, 3.05) is 32.8 Å². The molecule has 2 aromatic rings. The van der Waals surface area contributed by atoms with Gasteiger partial charge in [-0.25, -0.2) is 22.0 Å². The second kappa shape index (κ2) is 9.88. The fourth-order valence-electron chi connectivity index (χ4n) is 3.89. The summed E-state index contributed by atoms with van der Waals surface area (Å²) in [6.45, 7) is 8.12. The van der Waals surface area contributed by atoms with Crippen LogP contribution < -0.4 is 9.88 Å². The van der Waals surface area contributed by atoms with Crippen LogP contribution in [0.1, 0.15) is 25.0 Å². The second-order valence-corrected chi connectivity index (χ2v) is 11.5. The van der Waals surface area contributed by atoms with Gasteiger partial charge in [0.25, 0.3) is 0 Å². The molecule has 8 nitrogen and oxygen atoms in total. The molecular weight excluding hydrogens is 450 g/mol. The molecular formula is C22H31N3O5S2. The van der Waals surface area contributed by atoms with E-state index in [9.17, 15) is 16.8 Å². The minimum Gasteiger partial charge on any atom is -0.492 e. The van der Waals surface area contributed by atoms with Gasteiger partial charge in [-0.3, -0.25) is 4.90 Å². The van der Waals surface area contributed by atoms with Gasteiger partial charge in [0.05, 0.1) is 11.5 Å². The number of aryl methyl sites for hydroxylation is 1. The van der Waals surface area contributed by atoms with Crippen molar-refractivity contribution in [3.05, 3.63) is 53.6 Å². The Labute approximate surface area is 191 Å². The number of hydrogen-bond donors (Lipinski definition) is 1. The second-order valence-electron chi connectivity index (χ2n) is 8.07. The van der Waals surface area contributed by atoms with Crippen molar-refractivity contribution in [1.82, 2.24) is 9.21 Å². The zero-order valence-corrected chi connectivity index (χ0v) is 20.3. The standard InChI is InChI=1S/C22H31N3O5S2/c1-4-30-21-10-7-19(16-22(21)31(23,26)27)15-18(3)24-11-13-25(14-12-24)32(28,29)20-8-5-17(2)6-9-20/h5-10,16,18H,4,11-15H2,1-3H3,(H2,23,26,27)/t18-/m1/s1. The third-order valence-corrected chi connectivity index (χ3v) is 8.55. The third kappa shape index (κ3) is 5.68. The molecule has 2 aromatic carbocycles. The highest BCUT2D eigenvalue weighted by atomic mass is 32.2. The summed E-state index contributed by atoms with van der Waals surface area (Å²) >= 11 is 0. The van der Waals surface area contributed by atoms with Gasteiger partial charge >= 0.3 is 0 Å². The topological polar surface area (TPSA) is 110 Å². The number of piperazine rings is 1. The number of nitrogens with zero attached hydrogens (tertiary/aromatic N) is 2. The summed E-state index contributed by atoms with van der Waals surface area (Å²) < 4.78 is 56.7. The SMILES string of the molecule is CCOc1ccc(C[C@@H](C)N2CCN(S(=O)(=O)c3ccc(C)cc3)CC2)cc1S(N)(=O)=O. The highest BCUT2D eigenvalue weighted by molar-refractivity contribution is 7.89. The summed E-state index contributed by atoms with van der Waals surface area (Å²) in [7, 11) is -7.41.